The molecule has 2 aromatic carbocycles. The Morgan fingerprint density at radius 1 is 1.05 bits per heavy atom. The molecule has 2 rings (SSSR count). The zero-order chi connectivity index (χ0) is 14.9. The number of halogens is 1. The monoisotopic (exact) mass is 333 g/mol. The number of aryl methyl sites for hydroxylation is 2. The van der Waals surface area contributed by atoms with Crippen molar-refractivity contribution in [3.05, 3.63) is 57.1 Å². The quantitative estimate of drug-likeness (QED) is 0.839. The highest BCUT2D eigenvalue weighted by molar-refractivity contribution is 9.10. The maximum absolute atomic E-state index is 6.07. The summed E-state index contributed by atoms with van der Waals surface area (Å²) in [6.45, 7) is 8.21. The van der Waals surface area contributed by atoms with E-state index < -0.39 is 0 Å². The van der Waals surface area contributed by atoms with E-state index >= 15 is 0 Å². The predicted molar refractivity (Wildman–Crippen MR) is 87.5 cm³/mol. The number of hydrogen-bond acceptors (Lipinski definition) is 2. The molecule has 2 N–H and O–H groups in total. The molecule has 0 aliphatic heterocycles. The Kier molecular flexibility index (Phi) is 4.51. The van der Waals surface area contributed by atoms with Gasteiger partial charge in [-0.15, -0.1) is 0 Å². The molecule has 0 spiro atoms. The van der Waals surface area contributed by atoms with Crippen LogP contribution in [0.25, 0.3) is 0 Å². The lowest BCUT2D eigenvalue weighted by Crippen LogP contribution is -2.05. The van der Waals surface area contributed by atoms with Gasteiger partial charge >= 0.3 is 0 Å². The molecule has 106 valence electrons. The summed E-state index contributed by atoms with van der Waals surface area (Å²) >= 11 is 3.55. The number of benzene rings is 2. The third kappa shape index (κ3) is 3.05. The summed E-state index contributed by atoms with van der Waals surface area (Å²) in [5.74, 6) is 1.75. The van der Waals surface area contributed by atoms with Gasteiger partial charge in [0.25, 0.3) is 0 Å². The SMILES string of the molecule is Cc1ccc(C)c(Oc2ccc([C@@H](C)N)c(Br)c2)c1C. The third-order valence-electron chi connectivity index (χ3n) is 3.56. The van der Waals surface area contributed by atoms with Crippen molar-refractivity contribution in [2.45, 2.75) is 33.7 Å². The van der Waals surface area contributed by atoms with Crippen LogP contribution in [0.4, 0.5) is 0 Å². The smallest absolute Gasteiger partial charge is 0.133 e. The van der Waals surface area contributed by atoms with E-state index in [1.54, 1.807) is 0 Å². The average molecular weight is 334 g/mol. The number of ether oxygens (including phenoxy) is 1. The van der Waals surface area contributed by atoms with E-state index in [1.807, 2.05) is 25.1 Å². The fraction of sp³-hybridized carbons (Fsp3) is 0.294. The topological polar surface area (TPSA) is 35.2 Å². The Morgan fingerprint density at radius 2 is 1.70 bits per heavy atom. The van der Waals surface area contributed by atoms with Gasteiger partial charge in [0.05, 0.1) is 0 Å². The van der Waals surface area contributed by atoms with Crippen LogP contribution < -0.4 is 10.5 Å². The van der Waals surface area contributed by atoms with Gasteiger partial charge < -0.3 is 10.5 Å². The van der Waals surface area contributed by atoms with Gasteiger partial charge in [-0.25, -0.2) is 0 Å². The fourth-order valence-corrected chi connectivity index (χ4v) is 2.86. The highest BCUT2D eigenvalue weighted by Crippen LogP contribution is 2.33. The summed E-state index contributed by atoms with van der Waals surface area (Å²) in [5, 5.41) is 0. The minimum Gasteiger partial charge on any atom is -0.457 e. The van der Waals surface area contributed by atoms with Crippen molar-refractivity contribution >= 4 is 15.9 Å². The Balaban J connectivity index is 2.36. The second-order valence-corrected chi connectivity index (χ2v) is 6.08. The molecule has 0 aliphatic carbocycles. The highest BCUT2D eigenvalue weighted by Gasteiger charge is 2.10. The third-order valence-corrected chi connectivity index (χ3v) is 4.24. The molecule has 3 heteroatoms. The summed E-state index contributed by atoms with van der Waals surface area (Å²) in [6, 6.07) is 10.1. The summed E-state index contributed by atoms with van der Waals surface area (Å²) in [7, 11) is 0. The molecule has 0 heterocycles. The first-order chi connectivity index (χ1) is 9.40. The molecular weight excluding hydrogens is 314 g/mol. The molecule has 2 nitrogen and oxygen atoms in total. The van der Waals surface area contributed by atoms with Gasteiger partial charge in [0, 0.05) is 10.5 Å². The van der Waals surface area contributed by atoms with E-state index in [-0.39, 0.29) is 6.04 Å². The van der Waals surface area contributed by atoms with Crippen LogP contribution in [0.5, 0.6) is 11.5 Å². The summed E-state index contributed by atoms with van der Waals surface area (Å²) in [4.78, 5) is 0. The van der Waals surface area contributed by atoms with E-state index in [9.17, 15) is 0 Å². The largest absolute Gasteiger partial charge is 0.457 e. The van der Waals surface area contributed by atoms with Gasteiger partial charge in [0.2, 0.25) is 0 Å². The van der Waals surface area contributed by atoms with Crippen molar-refractivity contribution in [2.75, 3.05) is 0 Å². The van der Waals surface area contributed by atoms with Gasteiger partial charge in [-0.3, -0.25) is 0 Å². The van der Waals surface area contributed by atoms with Gasteiger partial charge in [0.15, 0.2) is 0 Å². The zero-order valence-corrected chi connectivity index (χ0v) is 13.9. The highest BCUT2D eigenvalue weighted by atomic mass is 79.9. The predicted octanol–water partition coefficient (Wildman–Crippen LogP) is 5.19. The number of hydrogen-bond donors (Lipinski definition) is 1. The molecule has 0 amide bonds. The Labute approximate surface area is 129 Å². The number of rotatable bonds is 3. The van der Waals surface area contributed by atoms with Crippen molar-refractivity contribution in [3.63, 3.8) is 0 Å². The molecule has 0 aromatic heterocycles. The van der Waals surface area contributed by atoms with E-state index in [4.69, 9.17) is 10.5 Å². The molecule has 0 radical (unpaired) electrons. The molecule has 0 unspecified atom stereocenters. The van der Waals surface area contributed by atoms with E-state index in [1.165, 1.54) is 11.1 Å². The molecule has 0 fully saturated rings. The van der Waals surface area contributed by atoms with Crippen LogP contribution in [0.3, 0.4) is 0 Å². The van der Waals surface area contributed by atoms with Crippen molar-refractivity contribution in [1.82, 2.24) is 0 Å². The molecule has 0 saturated heterocycles. The maximum atomic E-state index is 6.07. The molecule has 1 atom stereocenters. The molecule has 20 heavy (non-hydrogen) atoms. The van der Waals surface area contributed by atoms with Crippen LogP contribution in [0.1, 0.15) is 35.2 Å². The average Bonchev–Trinajstić information content (AvgIpc) is 2.39. The lowest BCUT2D eigenvalue weighted by atomic mass is 10.1. The van der Waals surface area contributed by atoms with E-state index in [0.717, 1.165) is 27.1 Å². The van der Waals surface area contributed by atoms with Gasteiger partial charge in [0.1, 0.15) is 11.5 Å². The van der Waals surface area contributed by atoms with E-state index in [0.29, 0.717) is 0 Å². The van der Waals surface area contributed by atoms with Crippen molar-refractivity contribution < 1.29 is 4.74 Å². The van der Waals surface area contributed by atoms with Crippen LogP contribution in [-0.2, 0) is 0 Å². The maximum Gasteiger partial charge on any atom is 0.133 e. The van der Waals surface area contributed by atoms with Crippen LogP contribution >= 0.6 is 15.9 Å². The van der Waals surface area contributed by atoms with Gasteiger partial charge in [-0.1, -0.05) is 34.1 Å². The Hall–Kier alpha value is -1.32. The number of nitrogens with two attached hydrogens (primary N) is 1. The first-order valence-electron chi connectivity index (χ1n) is 6.70. The van der Waals surface area contributed by atoms with Crippen molar-refractivity contribution in [3.8, 4) is 11.5 Å². The molecular formula is C17H20BrNO. The second-order valence-electron chi connectivity index (χ2n) is 5.23. The second kappa shape index (κ2) is 5.98. The van der Waals surface area contributed by atoms with Crippen LogP contribution in [0.2, 0.25) is 0 Å². The lowest BCUT2D eigenvalue weighted by molar-refractivity contribution is 0.474. The molecule has 2 aromatic rings. The van der Waals surface area contributed by atoms with Crippen LogP contribution in [-0.4, -0.2) is 0 Å². The standard InChI is InChI=1S/C17H20BrNO/c1-10-5-6-11(2)17(12(10)3)20-14-7-8-15(13(4)19)16(18)9-14/h5-9,13H,19H2,1-4H3/t13-/m1/s1. The summed E-state index contributed by atoms with van der Waals surface area (Å²) in [5.41, 5.74) is 10.5. The van der Waals surface area contributed by atoms with Gasteiger partial charge in [-0.2, -0.15) is 0 Å². The minimum atomic E-state index is 0.000803. The van der Waals surface area contributed by atoms with Crippen molar-refractivity contribution in [2.24, 2.45) is 5.73 Å². The fourth-order valence-electron chi connectivity index (χ4n) is 2.14. The zero-order valence-electron chi connectivity index (χ0n) is 12.3. The van der Waals surface area contributed by atoms with E-state index in [2.05, 4.69) is 48.8 Å². The first-order valence-corrected chi connectivity index (χ1v) is 7.49. The molecule has 0 saturated carbocycles. The normalized spacial score (nSPS) is 12.3. The van der Waals surface area contributed by atoms with Crippen molar-refractivity contribution in [1.29, 1.82) is 0 Å². The van der Waals surface area contributed by atoms with Crippen LogP contribution in [0.15, 0.2) is 34.8 Å². The minimum absolute atomic E-state index is 0.000803. The van der Waals surface area contributed by atoms with Crippen LogP contribution in [0, 0.1) is 20.8 Å². The Morgan fingerprint density at radius 3 is 2.30 bits per heavy atom. The lowest BCUT2D eigenvalue weighted by Gasteiger charge is -2.15. The molecule has 0 bridgehead atoms. The summed E-state index contributed by atoms with van der Waals surface area (Å²) in [6.07, 6.45) is 0. The summed E-state index contributed by atoms with van der Waals surface area (Å²) < 4.78 is 7.05. The van der Waals surface area contributed by atoms with Gasteiger partial charge in [-0.05, 0) is 62.1 Å². The Bertz CT molecular complexity index is 635. The molecule has 0 aliphatic rings. The first kappa shape index (κ1) is 15.1.